The predicted molar refractivity (Wildman–Crippen MR) is 87.7 cm³/mol. The van der Waals surface area contributed by atoms with Gasteiger partial charge >= 0.3 is 0 Å². The number of aliphatic hydroxyl groups is 1. The monoisotopic (exact) mass is 288 g/mol. The third-order valence-electron chi connectivity index (χ3n) is 5.11. The number of para-hydroxylation sites is 1. The zero-order valence-electron chi connectivity index (χ0n) is 13.0. The van der Waals surface area contributed by atoms with Gasteiger partial charge in [-0.3, -0.25) is 4.90 Å². The molecule has 2 unspecified atom stereocenters. The van der Waals surface area contributed by atoms with Gasteiger partial charge < -0.3 is 10.0 Å². The molecule has 1 aliphatic heterocycles. The summed E-state index contributed by atoms with van der Waals surface area (Å²) in [6.45, 7) is 5.54. The smallest absolute Gasteiger partial charge is 0.0580 e. The molecular formula is C18H28N2O. The molecule has 0 aromatic heterocycles. The van der Waals surface area contributed by atoms with Crippen molar-refractivity contribution in [3.8, 4) is 0 Å². The topological polar surface area (TPSA) is 26.7 Å². The molecule has 2 aliphatic rings. The maximum absolute atomic E-state index is 10.3. The number of rotatable bonds is 3. The summed E-state index contributed by atoms with van der Waals surface area (Å²) >= 11 is 0. The number of nitrogens with zero attached hydrogens (tertiary/aromatic N) is 2. The standard InChI is InChI=1S/C18H28N2O/c21-18-10-6-1-3-7-16(18)15-19-11-13-20(14-12-19)17-8-4-2-5-9-17/h2,4-5,8-9,16,18,21H,1,3,6-7,10-15H2. The van der Waals surface area contributed by atoms with Gasteiger partial charge in [-0.25, -0.2) is 0 Å². The first-order valence-corrected chi connectivity index (χ1v) is 8.53. The van der Waals surface area contributed by atoms with Gasteiger partial charge in [0.25, 0.3) is 0 Å². The molecular weight excluding hydrogens is 260 g/mol. The molecule has 1 saturated heterocycles. The molecule has 3 rings (SSSR count). The lowest BCUT2D eigenvalue weighted by atomic mass is 9.96. The third kappa shape index (κ3) is 3.98. The van der Waals surface area contributed by atoms with Crippen LogP contribution in [-0.4, -0.2) is 48.8 Å². The predicted octanol–water partition coefficient (Wildman–Crippen LogP) is 2.75. The van der Waals surface area contributed by atoms with Crippen molar-refractivity contribution in [1.29, 1.82) is 0 Å². The summed E-state index contributed by atoms with van der Waals surface area (Å²) in [5.41, 5.74) is 1.34. The molecule has 1 aromatic rings. The van der Waals surface area contributed by atoms with Crippen molar-refractivity contribution < 1.29 is 5.11 Å². The van der Waals surface area contributed by atoms with Crippen LogP contribution in [0, 0.1) is 5.92 Å². The molecule has 1 aromatic carbocycles. The van der Waals surface area contributed by atoms with E-state index in [1.807, 2.05) is 0 Å². The van der Waals surface area contributed by atoms with Crippen LogP contribution < -0.4 is 4.90 Å². The largest absolute Gasteiger partial charge is 0.393 e. The zero-order valence-corrected chi connectivity index (χ0v) is 13.0. The van der Waals surface area contributed by atoms with Gasteiger partial charge in [0.2, 0.25) is 0 Å². The number of anilines is 1. The van der Waals surface area contributed by atoms with Crippen molar-refractivity contribution in [2.75, 3.05) is 37.6 Å². The summed E-state index contributed by atoms with van der Waals surface area (Å²) in [7, 11) is 0. The molecule has 2 fully saturated rings. The Bertz CT molecular complexity index is 414. The maximum atomic E-state index is 10.3. The van der Waals surface area contributed by atoms with Crippen LogP contribution in [0.25, 0.3) is 0 Å². The summed E-state index contributed by atoms with van der Waals surface area (Å²) in [5.74, 6) is 0.496. The molecule has 3 nitrogen and oxygen atoms in total. The first kappa shape index (κ1) is 14.9. The van der Waals surface area contributed by atoms with Crippen LogP contribution in [0.15, 0.2) is 30.3 Å². The van der Waals surface area contributed by atoms with Crippen molar-refractivity contribution in [1.82, 2.24) is 4.90 Å². The molecule has 2 atom stereocenters. The molecule has 21 heavy (non-hydrogen) atoms. The molecule has 1 N–H and O–H groups in total. The van der Waals surface area contributed by atoms with Gasteiger partial charge in [0.1, 0.15) is 0 Å². The van der Waals surface area contributed by atoms with Crippen LogP contribution in [0.3, 0.4) is 0 Å². The molecule has 1 saturated carbocycles. The highest BCUT2D eigenvalue weighted by Gasteiger charge is 2.25. The normalized spacial score (nSPS) is 28.3. The van der Waals surface area contributed by atoms with Gasteiger partial charge in [0.05, 0.1) is 6.10 Å². The van der Waals surface area contributed by atoms with Crippen molar-refractivity contribution in [2.24, 2.45) is 5.92 Å². The van der Waals surface area contributed by atoms with Gasteiger partial charge in [-0.1, -0.05) is 37.5 Å². The van der Waals surface area contributed by atoms with E-state index in [1.165, 1.54) is 31.4 Å². The van der Waals surface area contributed by atoms with E-state index < -0.39 is 0 Å². The number of hydrogen-bond donors (Lipinski definition) is 1. The lowest BCUT2D eigenvalue weighted by molar-refractivity contribution is 0.0718. The lowest BCUT2D eigenvalue weighted by Crippen LogP contribution is -2.48. The fourth-order valence-corrected chi connectivity index (χ4v) is 3.74. The third-order valence-corrected chi connectivity index (χ3v) is 5.11. The van der Waals surface area contributed by atoms with E-state index in [0.717, 1.165) is 39.1 Å². The van der Waals surface area contributed by atoms with Crippen molar-refractivity contribution in [2.45, 2.75) is 38.2 Å². The van der Waals surface area contributed by atoms with Gasteiger partial charge in [0, 0.05) is 38.4 Å². The number of aliphatic hydroxyl groups excluding tert-OH is 1. The number of piperazine rings is 1. The average molecular weight is 288 g/mol. The SMILES string of the molecule is OC1CCCCCC1CN1CCN(c2ccccc2)CC1. The van der Waals surface area contributed by atoms with Crippen LogP contribution in [0.5, 0.6) is 0 Å². The fraction of sp³-hybridized carbons (Fsp3) is 0.667. The highest BCUT2D eigenvalue weighted by molar-refractivity contribution is 5.46. The van der Waals surface area contributed by atoms with E-state index in [0.29, 0.717) is 5.92 Å². The molecule has 1 heterocycles. The Morgan fingerprint density at radius 3 is 2.38 bits per heavy atom. The molecule has 1 aliphatic carbocycles. The van der Waals surface area contributed by atoms with E-state index in [1.54, 1.807) is 0 Å². The summed E-state index contributed by atoms with van der Waals surface area (Å²) in [5, 5.41) is 10.3. The first-order valence-electron chi connectivity index (χ1n) is 8.53. The Hall–Kier alpha value is -1.06. The fourth-order valence-electron chi connectivity index (χ4n) is 3.74. The van der Waals surface area contributed by atoms with Crippen molar-refractivity contribution >= 4 is 5.69 Å². The molecule has 0 bridgehead atoms. The van der Waals surface area contributed by atoms with Crippen LogP contribution in [-0.2, 0) is 0 Å². The van der Waals surface area contributed by atoms with E-state index in [2.05, 4.69) is 40.1 Å². The minimum atomic E-state index is -0.0698. The lowest BCUT2D eigenvalue weighted by Gasteiger charge is -2.38. The quantitative estimate of drug-likeness (QED) is 0.866. The minimum absolute atomic E-state index is 0.0698. The van der Waals surface area contributed by atoms with E-state index in [-0.39, 0.29) is 6.10 Å². The van der Waals surface area contributed by atoms with Crippen LogP contribution in [0.4, 0.5) is 5.69 Å². The van der Waals surface area contributed by atoms with Gasteiger partial charge in [-0.15, -0.1) is 0 Å². The van der Waals surface area contributed by atoms with Crippen LogP contribution in [0.2, 0.25) is 0 Å². The number of benzene rings is 1. The van der Waals surface area contributed by atoms with Gasteiger partial charge in [0.15, 0.2) is 0 Å². The highest BCUT2D eigenvalue weighted by Crippen LogP contribution is 2.25. The van der Waals surface area contributed by atoms with E-state index in [9.17, 15) is 5.11 Å². The Morgan fingerprint density at radius 1 is 0.905 bits per heavy atom. The molecule has 0 spiro atoms. The Kier molecular flexibility index (Phi) is 5.15. The summed E-state index contributed by atoms with van der Waals surface area (Å²) in [6, 6.07) is 10.7. The molecule has 0 amide bonds. The van der Waals surface area contributed by atoms with Gasteiger partial charge in [-0.2, -0.15) is 0 Å². The van der Waals surface area contributed by atoms with Crippen molar-refractivity contribution in [3.63, 3.8) is 0 Å². The second-order valence-electron chi connectivity index (χ2n) is 6.59. The second kappa shape index (κ2) is 7.28. The zero-order chi connectivity index (χ0) is 14.5. The average Bonchev–Trinajstić information content (AvgIpc) is 2.74. The molecule has 116 valence electrons. The molecule has 0 radical (unpaired) electrons. The van der Waals surface area contributed by atoms with E-state index >= 15 is 0 Å². The second-order valence-corrected chi connectivity index (χ2v) is 6.59. The summed E-state index contributed by atoms with van der Waals surface area (Å²) in [6.07, 6.45) is 5.95. The van der Waals surface area contributed by atoms with E-state index in [4.69, 9.17) is 0 Å². The summed E-state index contributed by atoms with van der Waals surface area (Å²) in [4.78, 5) is 5.03. The highest BCUT2D eigenvalue weighted by atomic mass is 16.3. The Labute approximate surface area is 128 Å². The van der Waals surface area contributed by atoms with Crippen LogP contribution >= 0.6 is 0 Å². The number of hydrogen-bond acceptors (Lipinski definition) is 3. The maximum Gasteiger partial charge on any atom is 0.0580 e. The van der Waals surface area contributed by atoms with Crippen molar-refractivity contribution in [3.05, 3.63) is 30.3 Å². The van der Waals surface area contributed by atoms with Gasteiger partial charge in [-0.05, 0) is 30.9 Å². The minimum Gasteiger partial charge on any atom is -0.393 e. The Morgan fingerprint density at radius 2 is 1.62 bits per heavy atom. The summed E-state index contributed by atoms with van der Waals surface area (Å²) < 4.78 is 0. The first-order chi connectivity index (χ1) is 10.3. The molecule has 3 heteroatoms. The Balaban J connectivity index is 1.49. The van der Waals surface area contributed by atoms with Crippen LogP contribution in [0.1, 0.15) is 32.1 Å².